The maximum absolute atomic E-state index is 9.47. The van der Waals surface area contributed by atoms with Crippen LogP contribution in [0.2, 0.25) is 0 Å². The minimum absolute atomic E-state index is 1.50. The highest BCUT2D eigenvalue weighted by Crippen LogP contribution is 2.15. The van der Waals surface area contributed by atoms with Gasteiger partial charge in [0.25, 0.3) is 6.70 Å². The molecule has 0 aromatic heterocycles. The molecule has 0 spiro atoms. The summed E-state index contributed by atoms with van der Waals surface area (Å²) >= 11 is 4.53. The van der Waals surface area contributed by atoms with E-state index in [-0.39, 0.29) is 0 Å². The zero-order valence-corrected chi connectivity index (χ0v) is 11.6. The fraction of sp³-hybridized carbons (Fsp3) is 1.00. The van der Waals surface area contributed by atoms with Crippen LogP contribution in [0.5, 0.6) is 0 Å². The summed E-state index contributed by atoms with van der Waals surface area (Å²) in [5.74, 6) is 0. The minimum Gasteiger partial charge on any atom is -0.205 e. The van der Waals surface area contributed by atoms with Crippen LogP contribution in [0.1, 0.15) is 51.4 Å². The van der Waals surface area contributed by atoms with Crippen molar-refractivity contribution in [1.29, 1.82) is 0 Å². The van der Waals surface area contributed by atoms with Crippen molar-refractivity contribution in [3.05, 3.63) is 0 Å². The lowest BCUT2D eigenvalue weighted by Crippen LogP contribution is -1.85. The molecule has 0 aliphatic heterocycles. The molecule has 0 aromatic rings. The molecule has 0 aromatic carbocycles. The molecule has 1 aliphatic rings. The molecule has 1 fully saturated rings. The minimum atomic E-state index is -3.04. The first kappa shape index (κ1) is 13.9. The molecule has 13 heavy (non-hydrogen) atoms. The Morgan fingerprint density at radius 2 is 0.692 bits per heavy atom. The Balaban J connectivity index is 0.000000252. The molecule has 1 aliphatic carbocycles. The highest BCUT2D eigenvalue weighted by Gasteiger charge is 1.95. The van der Waals surface area contributed by atoms with Crippen molar-refractivity contribution in [3.63, 3.8) is 0 Å². The molecule has 0 radical (unpaired) electrons. The second-order valence-electron chi connectivity index (χ2n) is 3.21. The van der Waals surface area contributed by atoms with Gasteiger partial charge >= 0.3 is 0 Å². The fourth-order valence-electron chi connectivity index (χ4n) is 1.41. The number of hydrogen-bond donors (Lipinski definition) is 0. The molecule has 1 saturated carbocycles. The topological polar surface area (TPSA) is 34.1 Å². The SMILES string of the molecule is C1CCCCCCC1.O=S(=O)(Br)Br. The first-order chi connectivity index (χ1) is 6.00. The van der Waals surface area contributed by atoms with Gasteiger partial charge in [0.15, 0.2) is 0 Å². The van der Waals surface area contributed by atoms with E-state index in [4.69, 9.17) is 0 Å². The normalized spacial score (nSPS) is 19.2. The van der Waals surface area contributed by atoms with E-state index in [0.717, 1.165) is 0 Å². The Bertz CT molecular complexity index is 170. The van der Waals surface area contributed by atoms with Crippen molar-refractivity contribution in [3.8, 4) is 0 Å². The lowest BCUT2D eigenvalue weighted by Gasteiger charge is -2.05. The van der Waals surface area contributed by atoms with Gasteiger partial charge in [-0.15, -0.1) is 0 Å². The molecule has 0 atom stereocenters. The average Bonchev–Trinajstić information content (AvgIpc) is 1.79. The van der Waals surface area contributed by atoms with E-state index in [1.165, 1.54) is 51.4 Å². The molecule has 0 unspecified atom stereocenters. The van der Waals surface area contributed by atoms with Crippen LogP contribution >= 0.6 is 29.6 Å². The van der Waals surface area contributed by atoms with Crippen molar-refractivity contribution in [2.45, 2.75) is 51.4 Å². The molecular formula is C8H16Br2O2S. The van der Waals surface area contributed by atoms with E-state index in [0.29, 0.717) is 0 Å². The highest BCUT2D eigenvalue weighted by molar-refractivity contribution is 9.79. The summed E-state index contributed by atoms with van der Waals surface area (Å²) in [6, 6.07) is 0. The Hall–Kier alpha value is 0.910. The Labute approximate surface area is 95.8 Å². The average molecular weight is 336 g/mol. The molecule has 5 heteroatoms. The lowest BCUT2D eigenvalue weighted by atomic mass is 10.0. The van der Waals surface area contributed by atoms with Crippen LogP contribution in [-0.4, -0.2) is 8.42 Å². The van der Waals surface area contributed by atoms with Gasteiger partial charge < -0.3 is 0 Å². The van der Waals surface area contributed by atoms with Crippen molar-refractivity contribution >= 4 is 36.3 Å². The van der Waals surface area contributed by atoms with E-state index in [1.54, 1.807) is 0 Å². The third-order valence-corrected chi connectivity index (χ3v) is 2.00. The van der Waals surface area contributed by atoms with E-state index < -0.39 is 6.70 Å². The van der Waals surface area contributed by atoms with Crippen LogP contribution in [0.4, 0.5) is 0 Å². The maximum Gasteiger partial charge on any atom is 0.268 e. The summed E-state index contributed by atoms with van der Waals surface area (Å²) in [7, 11) is 0. The first-order valence-corrected chi connectivity index (χ1v) is 9.81. The second kappa shape index (κ2) is 8.24. The molecular weight excluding hydrogens is 320 g/mol. The second-order valence-corrected chi connectivity index (χ2v) is 11.7. The van der Waals surface area contributed by atoms with Gasteiger partial charge in [0.1, 0.15) is 0 Å². The fourth-order valence-corrected chi connectivity index (χ4v) is 1.41. The smallest absolute Gasteiger partial charge is 0.205 e. The van der Waals surface area contributed by atoms with Crippen LogP contribution in [0.25, 0.3) is 0 Å². The molecule has 1 rings (SSSR count). The van der Waals surface area contributed by atoms with Gasteiger partial charge in [-0.3, -0.25) is 0 Å². The lowest BCUT2D eigenvalue weighted by molar-refractivity contribution is 0.504. The molecule has 0 bridgehead atoms. The molecule has 0 saturated heterocycles. The van der Waals surface area contributed by atoms with Crippen LogP contribution in [0, 0.1) is 0 Å². The third kappa shape index (κ3) is 19.4. The first-order valence-electron chi connectivity index (χ1n) is 4.64. The highest BCUT2D eigenvalue weighted by atomic mass is 79.9. The summed E-state index contributed by atoms with van der Waals surface area (Å²) in [6.45, 7) is -3.04. The van der Waals surface area contributed by atoms with E-state index in [9.17, 15) is 8.42 Å². The predicted molar refractivity (Wildman–Crippen MR) is 63.7 cm³/mol. The van der Waals surface area contributed by atoms with Crippen LogP contribution in [0.15, 0.2) is 0 Å². The maximum atomic E-state index is 9.47. The van der Waals surface area contributed by atoms with Crippen LogP contribution in [-0.2, 0) is 6.70 Å². The zero-order chi connectivity index (χ0) is 10.2. The van der Waals surface area contributed by atoms with Gasteiger partial charge in [0, 0.05) is 0 Å². The van der Waals surface area contributed by atoms with Crippen molar-refractivity contribution in [2.75, 3.05) is 0 Å². The standard InChI is InChI=1S/C8H16.Br2O2S/c1-2-4-6-8-7-5-3-1;1-5(2,3)4/h1-8H2;. The summed E-state index contributed by atoms with van der Waals surface area (Å²) in [4.78, 5) is 0. The van der Waals surface area contributed by atoms with Gasteiger partial charge in [-0.25, -0.2) is 8.42 Å². The number of rotatable bonds is 0. The third-order valence-electron chi connectivity index (χ3n) is 2.00. The summed E-state index contributed by atoms with van der Waals surface area (Å²) in [5.41, 5.74) is 0. The van der Waals surface area contributed by atoms with E-state index >= 15 is 0 Å². The summed E-state index contributed by atoms with van der Waals surface area (Å²) < 4.78 is 18.9. The van der Waals surface area contributed by atoms with Crippen molar-refractivity contribution < 1.29 is 8.42 Å². The Morgan fingerprint density at radius 3 is 0.769 bits per heavy atom. The molecule has 0 amide bonds. The summed E-state index contributed by atoms with van der Waals surface area (Å²) in [5, 5.41) is 0. The van der Waals surface area contributed by atoms with Gasteiger partial charge in [-0.1, -0.05) is 51.4 Å². The number of halogens is 2. The summed E-state index contributed by atoms with van der Waals surface area (Å²) in [6.07, 6.45) is 12.0. The van der Waals surface area contributed by atoms with Crippen molar-refractivity contribution in [1.82, 2.24) is 0 Å². The van der Waals surface area contributed by atoms with E-state index in [2.05, 4.69) is 29.6 Å². The molecule has 2 nitrogen and oxygen atoms in total. The van der Waals surface area contributed by atoms with Crippen LogP contribution < -0.4 is 0 Å². The quantitative estimate of drug-likeness (QED) is 0.623. The Morgan fingerprint density at radius 1 is 0.615 bits per heavy atom. The van der Waals surface area contributed by atoms with Crippen LogP contribution in [0.3, 0.4) is 0 Å². The van der Waals surface area contributed by atoms with Gasteiger partial charge in [0.2, 0.25) is 0 Å². The van der Waals surface area contributed by atoms with Crippen molar-refractivity contribution in [2.24, 2.45) is 0 Å². The Kier molecular flexibility index (Phi) is 8.81. The zero-order valence-electron chi connectivity index (χ0n) is 7.64. The monoisotopic (exact) mass is 334 g/mol. The molecule has 0 N–H and O–H groups in total. The predicted octanol–water partition coefficient (Wildman–Crippen LogP) is 4.14. The van der Waals surface area contributed by atoms with Gasteiger partial charge in [-0.05, 0) is 0 Å². The molecule has 80 valence electrons. The van der Waals surface area contributed by atoms with Gasteiger partial charge in [-0.2, -0.15) is 0 Å². The number of hydrogen-bond acceptors (Lipinski definition) is 2. The van der Waals surface area contributed by atoms with Gasteiger partial charge in [0.05, 0.1) is 29.6 Å². The largest absolute Gasteiger partial charge is 0.268 e. The molecule has 0 heterocycles. The van der Waals surface area contributed by atoms with E-state index in [1.807, 2.05) is 0 Å².